The summed E-state index contributed by atoms with van der Waals surface area (Å²) in [5.41, 5.74) is 7.81. The van der Waals surface area contributed by atoms with Gasteiger partial charge in [0.1, 0.15) is 5.75 Å². The minimum atomic E-state index is 0.104. The van der Waals surface area contributed by atoms with Gasteiger partial charge >= 0.3 is 0 Å². The highest BCUT2D eigenvalue weighted by Crippen LogP contribution is 2.34. The Labute approximate surface area is 158 Å². The Morgan fingerprint density at radius 1 is 1.27 bits per heavy atom. The van der Waals surface area contributed by atoms with Crippen LogP contribution in [-0.2, 0) is 11.2 Å². The summed E-state index contributed by atoms with van der Waals surface area (Å²) in [6.45, 7) is 6.77. The smallest absolute Gasteiger partial charge is 0.227 e. The lowest BCUT2D eigenvalue weighted by atomic mass is 9.79. The summed E-state index contributed by atoms with van der Waals surface area (Å²) in [4.78, 5) is 12.7. The van der Waals surface area contributed by atoms with Crippen molar-refractivity contribution in [1.82, 2.24) is 0 Å². The molecule has 1 amide bonds. The number of hydrogen-bond donors (Lipinski definition) is 2. The van der Waals surface area contributed by atoms with E-state index in [1.54, 1.807) is 0 Å². The van der Waals surface area contributed by atoms with Crippen LogP contribution >= 0.6 is 0 Å². The summed E-state index contributed by atoms with van der Waals surface area (Å²) >= 11 is 0. The number of ether oxygens (including phenoxy) is 1. The number of anilines is 1. The number of carbonyl (C=O) groups is 1. The average Bonchev–Trinajstić information content (AvgIpc) is 2.62. The highest BCUT2D eigenvalue weighted by molar-refractivity contribution is 5.94. The maximum Gasteiger partial charge on any atom is 0.227 e. The number of hydrogen-bond acceptors (Lipinski definition) is 3. The average molecular weight is 361 g/mol. The van der Waals surface area contributed by atoms with Crippen LogP contribution in [0.2, 0.25) is 0 Å². The van der Waals surface area contributed by atoms with Crippen molar-refractivity contribution >= 4 is 11.6 Å². The fraction of sp³-hybridized carbons (Fsp3) is 0.682. The molecule has 0 bridgehead atoms. The van der Waals surface area contributed by atoms with E-state index in [1.807, 2.05) is 32.0 Å². The van der Waals surface area contributed by atoms with E-state index in [2.05, 4.69) is 12.2 Å². The molecule has 1 saturated carbocycles. The van der Waals surface area contributed by atoms with E-state index >= 15 is 0 Å². The third kappa shape index (κ3) is 6.31. The van der Waals surface area contributed by atoms with E-state index in [0.717, 1.165) is 42.2 Å². The molecule has 4 nitrogen and oxygen atoms in total. The maximum atomic E-state index is 12.7. The molecule has 26 heavy (non-hydrogen) atoms. The fourth-order valence-electron chi connectivity index (χ4n) is 3.88. The van der Waals surface area contributed by atoms with Gasteiger partial charge in [0.25, 0.3) is 0 Å². The molecule has 1 aliphatic carbocycles. The third-order valence-electron chi connectivity index (χ3n) is 5.34. The Kier molecular flexibility index (Phi) is 8.43. The van der Waals surface area contributed by atoms with Crippen molar-refractivity contribution in [3.05, 3.63) is 23.8 Å². The molecule has 0 spiro atoms. The molecule has 4 heteroatoms. The van der Waals surface area contributed by atoms with E-state index in [1.165, 1.54) is 32.1 Å². The molecule has 1 aromatic rings. The van der Waals surface area contributed by atoms with Crippen molar-refractivity contribution in [3.8, 4) is 5.75 Å². The molecule has 0 saturated heterocycles. The molecule has 1 aliphatic rings. The first-order valence-electron chi connectivity index (χ1n) is 10.4. The summed E-state index contributed by atoms with van der Waals surface area (Å²) in [5, 5.41) is 3.11. The van der Waals surface area contributed by atoms with Gasteiger partial charge in [-0.1, -0.05) is 32.3 Å². The van der Waals surface area contributed by atoms with Gasteiger partial charge in [0.05, 0.1) is 12.3 Å². The van der Waals surface area contributed by atoms with Gasteiger partial charge in [0.2, 0.25) is 5.91 Å². The second-order valence-electron chi connectivity index (χ2n) is 7.79. The molecule has 3 N–H and O–H groups in total. The first-order chi connectivity index (χ1) is 12.5. The lowest BCUT2D eigenvalue weighted by Crippen LogP contribution is -2.27. The van der Waals surface area contributed by atoms with Crippen LogP contribution in [0.3, 0.4) is 0 Å². The molecule has 0 aromatic heterocycles. The van der Waals surface area contributed by atoms with Crippen LogP contribution in [0.1, 0.15) is 71.3 Å². The van der Waals surface area contributed by atoms with E-state index in [4.69, 9.17) is 10.5 Å². The Balaban J connectivity index is 1.95. The molecule has 1 atom stereocenters. The van der Waals surface area contributed by atoms with Gasteiger partial charge in [-0.2, -0.15) is 0 Å². The maximum absolute atomic E-state index is 12.7. The number of amides is 1. The second kappa shape index (κ2) is 10.6. The summed E-state index contributed by atoms with van der Waals surface area (Å²) in [6, 6.07) is 6.09. The zero-order valence-corrected chi connectivity index (χ0v) is 16.7. The predicted molar refractivity (Wildman–Crippen MR) is 109 cm³/mol. The van der Waals surface area contributed by atoms with E-state index in [0.29, 0.717) is 6.61 Å². The molecular formula is C22H36N2O2. The SMILES string of the molecule is CCCCC1CCC(C(=O)Nc2ccc(CC(C)N)cc2OCC)CC1. The van der Waals surface area contributed by atoms with Crippen molar-refractivity contribution in [2.45, 2.75) is 78.2 Å². The fourth-order valence-corrected chi connectivity index (χ4v) is 3.88. The van der Waals surface area contributed by atoms with Crippen LogP contribution in [0.25, 0.3) is 0 Å². The van der Waals surface area contributed by atoms with Crippen LogP contribution in [0.4, 0.5) is 5.69 Å². The lowest BCUT2D eigenvalue weighted by molar-refractivity contribution is -0.121. The van der Waals surface area contributed by atoms with Crippen molar-refractivity contribution in [2.75, 3.05) is 11.9 Å². The van der Waals surface area contributed by atoms with Crippen molar-refractivity contribution in [2.24, 2.45) is 17.6 Å². The normalized spacial score (nSPS) is 21.2. The van der Waals surface area contributed by atoms with Gasteiger partial charge in [0.15, 0.2) is 0 Å². The summed E-state index contributed by atoms with van der Waals surface area (Å²) in [6.07, 6.45) is 9.08. The van der Waals surface area contributed by atoms with Gasteiger partial charge in [0, 0.05) is 12.0 Å². The molecule has 1 fully saturated rings. The Morgan fingerprint density at radius 3 is 2.62 bits per heavy atom. The van der Waals surface area contributed by atoms with Crippen LogP contribution in [0, 0.1) is 11.8 Å². The van der Waals surface area contributed by atoms with Crippen LogP contribution < -0.4 is 15.8 Å². The zero-order valence-electron chi connectivity index (χ0n) is 16.7. The highest BCUT2D eigenvalue weighted by Gasteiger charge is 2.26. The third-order valence-corrected chi connectivity index (χ3v) is 5.34. The molecule has 1 unspecified atom stereocenters. The van der Waals surface area contributed by atoms with Gasteiger partial charge < -0.3 is 15.8 Å². The molecule has 2 rings (SSSR count). The molecule has 0 aliphatic heterocycles. The van der Waals surface area contributed by atoms with Crippen LogP contribution in [0.15, 0.2) is 18.2 Å². The number of nitrogens with one attached hydrogen (secondary N) is 1. The minimum absolute atomic E-state index is 0.104. The number of benzene rings is 1. The first-order valence-corrected chi connectivity index (χ1v) is 10.4. The number of unbranched alkanes of at least 4 members (excludes halogenated alkanes) is 1. The molecule has 0 radical (unpaired) electrons. The number of nitrogens with two attached hydrogens (primary N) is 1. The van der Waals surface area contributed by atoms with Crippen molar-refractivity contribution in [3.63, 3.8) is 0 Å². The molecule has 146 valence electrons. The predicted octanol–water partition coefficient (Wildman–Crippen LogP) is 4.91. The quantitative estimate of drug-likeness (QED) is 0.657. The van der Waals surface area contributed by atoms with E-state index in [9.17, 15) is 4.79 Å². The topological polar surface area (TPSA) is 64.4 Å². The van der Waals surface area contributed by atoms with Gasteiger partial charge in [-0.15, -0.1) is 0 Å². The first kappa shape index (κ1) is 20.8. The minimum Gasteiger partial charge on any atom is -0.492 e. The molecule has 1 aromatic carbocycles. The molecule has 0 heterocycles. The lowest BCUT2D eigenvalue weighted by Gasteiger charge is -2.28. The van der Waals surface area contributed by atoms with Crippen molar-refractivity contribution in [1.29, 1.82) is 0 Å². The highest BCUT2D eigenvalue weighted by atomic mass is 16.5. The monoisotopic (exact) mass is 360 g/mol. The summed E-state index contributed by atoms with van der Waals surface area (Å²) in [5.74, 6) is 1.83. The summed E-state index contributed by atoms with van der Waals surface area (Å²) in [7, 11) is 0. The van der Waals surface area contributed by atoms with Gasteiger partial charge in [-0.3, -0.25) is 4.79 Å². The van der Waals surface area contributed by atoms with Crippen molar-refractivity contribution < 1.29 is 9.53 Å². The number of rotatable bonds is 9. The second-order valence-corrected chi connectivity index (χ2v) is 7.79. The zero-order chi connectivity index (χ0) is 18.9. The van der Waals surface area contributed by atoms with Crippen LogP contribution in [-0.4, -0.2) is 18.6 Å². The largest absolute Gasteiger partial charge is 0.492 e. The van der Waals surface area contributed by atoms with Gasteiger partial charge in [-0.05, 0) is 69.6 Å². The number of carbonyl (C=O) groups excluding carboxylic acids is 1. The Morgan fingerprint density at radius 2 is 2.00 bits per heavy atom. The van der Waals surface area contributed by atoms with E-state index < -0.39 is 0 Å². The molecular weight excluding hydrogens is 324 g/mol. The standard InChI is InChI=1S/C22H36N2O2/c1-4-6-7-17-8-11-19(12-9-17)22(25)24-20-13-10-18(14-16(3)23)15-21(20)26-5-2/h10,13,15-17,19H,4-9,11-12,14,23H2,1-3H3,(H,24,25). The summed E-state index contributed by atoms with van der Waals surface area (Å²) < 4.78 is 5.75. The van der Waals surface area contributed by atoms with Crippen LogP contribution in [0.5, 0.6) is 5.75 Å². The van der Waals surface area contributed by atoms with Gasteiger partial charge in [-0.25, -0.2) is 0 Å². The van der Waals surface area contributed by atoms with E-state index in [-0.39, 0.29) is 17.9 Å². The Bertz CT molecular complexity index is 563. The Hall–Kier alpha value is -1.55.